The van der Waals surface area contributed by atoms with Gasteiger partial charge in [-0.05, 0) is 115 Å². The predicted octanol–water partition coefficient (Wildman–Crippen LogP) is 8.92. The zero-order valence-corrected chi connectivity index (χ0v) is 30.4. The smallest absolute Gasteiger partial charge is 0.343 e. The highest BCUT2D eigenvalue weighted by Crippen LogP contribution is 2.25. The van der Waals surface area contributed by atoms with Crippen molar-refractivity contribution in [2.45, 2.75) is 65.2 Å². The third kappa shape index (κ3) is 11.6. The van der Waals surface area contributed by atoms with Gasteiger partial charge in [0.2, 0.25) is 0 Å². The van der Waals surface area contributed by atoms with E-state index in [4.69, 9.17) is 18.9 Å². The van der Waals surface area contributed by atoms with Crippen molar-refractivity contribution in [2.75, 3.05) is 0 Å². The summed E-state index contributed by atoms with van der Waals surface area (Å²) in [7, 11) is 0. The third-order valence-electron chi connectivity index (χ3n) is 8.52. The molecule has 0 fully saturated rings. The molecule has 0 atom stereocenters. The first-order chi connectivity index (χ1) is 26.2. The van der Waals surface area contributed by atoms with E-state index in [9.17, 15) is 24.0 Å². The number of hydrogen-bond donors (Lipinski definition) is 0. The van der Waals surface area contributed by atoms with Crippen LogP contribution in [0.25, 0.3) is 0 Å². The van der Waals surface area contributed by atoms with Crippen molar-refractivity contribution >= 4 is 30.2 Å². The minimum atomic E-state index is -0.549. The molecule has 0 N–H and O–H groups in total. The van der Waals surface area contributed by atoms with Crippen LogP contribution in [-0.4, -0.2) is 30.2 Å². The normalized spacial score (nSPS) is 10.6. The molecule has 54 heavy (non-hydrogen) atoms. The summed E-state index contributed by atoms with van der Waals surface area (Å²) in [6.45, 7) is 4.20. The summed E-state index contributed by atoms with van der Waals surface area (Å²) in [4.78, 5) is 62.0. The molecule has 0 aliphatic heterocycles. The fraction of sp³-hybridized carbons (Fsp3) is 0.222. The topological polar surface area (TPSA) is 122 Å². The lowest BCUT2D eigenvalue weighted by Crippen LogP contribution is -2.12. The lowest BCUT2D eigenvalue weighted by Gasteiger charge is -2.10. The van der Waals surface area contributed by atoms with Crippen molar-refractivity contribution in [1.29, 1.82) is 0 Å². The van der Waals surface area contributed by atoms with E-state index in [0.29, 0.717) is 41.8 Å². The number of aryl methyl sites for hydroxylation is 4. The first kappa shape index (κ1) is 38.9. The fourth-order valence-electron chi connectivity index (χ4n) is 5.60. The molecule has 5 rings (SSSR count). The van der Waals surface area contributed by atoms with Crippen LogP contribution in [0.3, 0.4) is 0 Å². The second-order valence-corrected chi connectivity index (χ2v) is 12.7. The van der Waals surface area contributed by atoms with E-state index in [2.05, 4.69) is 13.8 Å². The second kappa shape index (κ2) is 19.5. The number of carbonyl (C=O) groups is 5. The van der Waals surface area contributed by atoms with Gasteiger partial charge in [-0.25, -0.2) is 9.59 Å². The van der Waals surface area contributed by atoms with E-state index in [1.54, 1.807) is 72.8 Å². The molecule has 0 unspecified atom stereocenters. The van der Waals surface area contributed by atoms with E-state index < -0.39 is 23.9 Å². The van der Waals surface area contributed by atoms with Gasteiger partial charge >= 0.3 is 23.9 Å². The Morgan fingerprint density at radius 3 is 1.28 bits per heavy atom. The maximum atomic E-state index is 12.6. The summed E-state index contributed by atoms with van der Waals surface area (Å²) in [5.74, 6) is -0.989. The van der Waals surface area contributed by atoms with Crippen LogP contribution in [0.1, 0.15) is 92.9 Å². The van der Waals surface area contributed by atoms with Crippen molar-refractivity contribution in [2.24, 2.45) is 0 Å². The van der Waals surface area contributed by atoms with Crippen LogP contribution in [0.4, 0.5) is 0 Å². The molecule has 0 bridgehead atoms. The van der Waals surface area contributed by atoms with Crippen LogP contribution >= 0.6 is 0 Å². The molecule has 9 heteroatoms. The Bertz CT molecular complexity index is 2050. The van der Waals surface area contributed by atoms with Gasteiger partial charge in [-0.3, -0.25) is 14.4 Å². The molecule has 0 aliphatic rings. The van der Waals surface area contributed by atoms with Gasteiger partial charge in [-0.2, -0.15) is 0 Å². The summed E-state index contributed by atoms with van der Waals surface area (Å²) in [5, 5.41) is 0. The maximum absolute atomic E-state index is 12.6. The van der Waals surface area contributed by atoms with Crippen molar-refractivity contribution in [1.82, 2.24) is 0 Å². The molecular weight excluding hydrogens is 684 g/mol. The number of ether oxygens (including phenoxy) is 4. The number of esters is 4. The summed E-state index contributed by atoms with van der Waals surface area (Å²) >= 11 is 0. The van der Waals surface area contributed by atoms with Crippen molar-refractivity contribution in [3.63, 3.8) is 0 Å². The van der Waals surface area contributed by atoms with E-state index in [1.807, 2.05) is 24.3 Å². The molecule has 9 nitrogen and oxygen atoms in total. The molecular formula is C45H42O9. The molecule has 0 aromatic heterocycles. The quantitative estimate of drug-likeness (QED) is 0.0525. The number of hydrogen-bond acceptors (Lipinski definition) is 9. The van der Waals surface area contributed by atoms with Crippen LogP contribution in [0.5, 0.6) is 23.0 Å². The SMILES string of the molecule is CCCc1ccc(C(=O)Oc2ccc(CCC(=O)Oc3ccc(OC(=O)CCc4ccc(OC(=O)c5ccc(CCC)cc5)cc4)c(C=O)c3)cc2)cc1. The minimum Gasteiger partial charge on any atom is -0.426 e. The Balaban J connectivity index is 1.04. The van der Waals surface area contributed by atoms with Gasteiger partial charge in [0.15, 0.2) is 6.29 Å². The fourth-order valence-corrected chi connectivity index (χ4v) is 5.60. The van der Waals surface area contributed by atoms with E-state index >= 15 is 0 Å². The highest BCUT2D eigenvalue weighted by molar-refractivity contribution is 5.91. The van der Waals surface area contributed by atoms with Crippen LogP contribution in [0.15, 0.2) is 115 Å². The Labute approximate surface area is 314 Å². The van der Waals surface area contributed by atoms with Crippen LogP contribution in [0.2, 0.25) is 0 Å². The molecule has 276 valence electrons. The Kier molecular flexibility index (Phi) is 14.0. The van der Waals surface area contributed by atoms with Gasteiger partial charge in [-0.1, -0.05) is 75.2 Å². The Morgan fingerprint density at radius 2 is 0.852 bits per heavy atom. The average Bonchev–Trinajstić information content (AvgIpc) is 3.18. The third-order valence-corrected chi connectivity index (χ3v) is 8.52. The van der Waals surface area contributed by atoms with Crippen molar-refractivity contribution in [3.05, 3.63) is 154 Å². The summed E-state index contributed by atoms with van der Waals surface area (Å²) in [6.07, 6.45) is 5.32. The first-order valence-corrected chi connectivity index (χ1v) is 18.0. The van der Waals surface area contributed by atoms with Gasteiger partial charge < -0.3 is 18.9 Å². The highest BCUT2D eigenvalue weighted by Gasteiger charge is 2.15. The number of aldehydes is 1. The van der Waals surface area contributed by atoms with Crippen molar-refractivity contribution < 1.29 is 42.9 Å². The zero-order valence-electron chi connectivity index (χ0n) is 30.4. The summed E-state index contributed by atoms with van der Waals surface area (Å²) in [6, 6.07) is 32.7. The van der Waals surface area contributed by atoms with Gasteiger partial charge in [0.05, 0.1) is 16.7 Å². The standard InChI is InChI=1S/C45H42O9/c1-3-5-31-7-17-35(18-8-31)44(49)52-38-21-11-33(12-22-38)15-27-42(47)51-40-25-26-41(37(29-40)30-46)54-43(48)28-16-34-13-23-39(24-14-34)53-45(50)36-19-9-32(6-4-2)10-20-36/h7-14,17-26,29-30H,3-6,15-16,27-28H2,1-2H3. The predicted molar refractivity (Wildman–Crippen MR) is 203 cm³/mol. The van der Waals surface area contributed by atoms with Gasteiger partial charge in [0, 0.05) is 12.8 Å². The van der Waals surface area contributed by atoms with E-state index in [-0.39, 0.29) is 29.9 Å². The molecule has 0 amide bonds. The highest BCUT2D eigenvalue weighted by atomic mass is 16.5. The molecule has 0 aliphatic carbocycles. The molecule has 5 aromatic rings. The first-order valence-electron chi connectivity index (χ1n) is 18.0. The van der Waals surface area contributed by atoms with E-state index in [0.717, 1.165) is 42.4 Å². The molecule has 0 heterocycles. The molecule has 0 saturated carbocycles. The Morgan fingerprint density at radius 1 is 0.463 bits per heavy atom. The van der Waals surface area contributed by atoms with E-state index in [1.165, 1.54) is 23.8 Å². The van der Waals surface area contributed by atoms with Gasteiger partial charge in [0.25, 0.3) is 0 Å². The number of rotatable bonds is 17. The Hall–Kier alpha value is -6.35. The largest absolute Gasteiger partial charge is 0.426 e. The monoisotopic (exact) mass is 726 g/mol. The maximum Gasteiger partial charge on any atom is 0.343 e. The molecule has 0 spiro atoms. The summed E-state index contributed by atoms with van der Waals surface area (Å²) in [5.41, 5.74) is 4.99. The zero-order chi connectivity index (χ0) is 38.3. The molecule has 0 saturated heterocycles. The molecule has 0 radical (unpaired) electrons. The van der Waals surface area contributed by atoms with Crippen LogP contribution in [0, 0.1) is 0 Å². The minimum absolute atomic E-state index is 0.0363. The number of benzene rings is 5. The van der Waals surface area contributed by atoms with Crippen molar-refractivity contribution in [3.8, 4) is 23.0 Å². The summed E-state index contributed by atoms with van der Waals surface area (Å²) < 4.78 is 21.8. The molecule has 5 aromatic carbocycles. The lowest BCUT2D eigenvalue weighted by molar-refractivity contribution is -0.135. The van der Waals surface area contributed by atoms with Gasteiger partial charge in [-0.15, -0.1) is 0 Å². The van der Waals surface area contributed by atoms with Gasteiger partial charge in [0.1, 0.15) is 23.0 Å². The average molecular weight is 727 g/mol. The van der Waals surface area contributed by atoms with Crippen LogP contribution in [-0.2, 0) is 35.3 Å². The lowest BCUT2D eigenvalue weighted by atomic mass is 10.1. The van der Waals surface area contributed by atoms with Crippen LogP contribution < -0.4 is 18.9 Å². The number of carbonyl (C=O) groups excluding carboxylic acids is 5. The second-order valence-electron chi connectivity index (χ2n) is 12.7.